The predicted molar refractivity (Wildman–Crippen MR) is 142 cm³/mol. The van der Waals surface area contributed by atoms with Crippen LogP contribution in [0, 0.1) is 0 Å². The van der Waals surface area contributed by atoms with Crippen molar-refractivity contribution in [2.75, 3.05) is 38.7 Å². The van der Waals surface area contributed by atoms with Gasteiger partial charge in [-0.15, -0.1) is 0 Å². The van der Waals surface area contributed by atoms with Gasteiger partial charge in [0.2, 0.25) is 0 Å². The molecular formula is C28H37N5O4. The number of aromatic nitrogens is 3. The van der Waals surface area contributed by atoms with Gasteiger partial charge >= 0.3 is 5.97 Å². The van der Waals surface area contributed by atoms with E-state index in [9.17, 15) is 9.90 Å². The number of aliphatic carboxylic acids is 1. The molecule has 1 aromatic carbocycles. The summed E-state index contributed by atoms with van der Waals surface area (Å²) < 4.78 is 13.5. The molecule has 0 aliphatic carbocycles. The lowest BCUT2D eigenvalue weighted by Gasteiger charge is -2.42. The van der Waals surface area contributed by atoms with E-state index in [1.807, 2.05) is 34.7 Å². The van der Waals surface area contributed by atoms with E-state index in [0.29, 0.717) is 26.2 Å². The first kappa shape index (κ1) is 25.5. The molecule has 1 unspecified atom stereocenters. The first-order valence-electron chi connectivity index (χ1n) is 13.4. The Morgan fingerprint density at radius 1 is 1.27 bits per heavy atom. The van der Waals surface area contributed by atoms with Gasteiger partial charge in [-0.25, -0.2) is 4.98 Å². The number of carbonyl (C=O) groups is 1. The van der Waals surface area contributed by atoms with Crippen molar-refractivity contribution < 1.29 is 19.4 Å². The van der Waals surface area contributed by atoms with Gasteiger partial charge in [-0.05, 0) is 39.0 Å². The van der Waals surface area contributed by atoms with Gasteiger partial charge in [0.1, 0.15) is 17.6 Å². The molecule has 1 saturated heterocycles. The van der Waals surface area contributed by atoms with Gasteiger partial charge in [0.25, 0.3) is 0 Å². The molecule has 1 fully saturated rings. The second-order valence-electron chi connectivity index (χ2n) is 9.92. The summed E-state index contributed by atoms with van der Waals surface area (Å²) in [5.41, 5.74) is 3.96. The molecule has 2 aromatic heterocycles. The number of anilines is 1. The van der Waals surface area contributed by atoms with Crippen LogP contribution in [0.15, 0.2) is 30.5 Å². The molecule has 2 aliphatic rings. The first-order valence-corrected chi connectivity index (χ1v) is 13.4. The van der Waals surface area contributed by atoms with Crippen LogP contribution in [0.4, 0.5) is 5.82 Å². The third-order valence-corrected chi connectivity index (χ3v) is 7.45. The number of carboxylic acid groups (broad SMARTS) is 1. The highest BCUT2D eigenvalue weighted by Crippen LogP contribution is 2.33. The molecule has 0 amide bonds. The van der Waals surface area contributed by atoms with Crippen molar-refractivity contribution in [2.24, 2.45) is 0 Å². The van der Waals surface area contributed by atoms with E-state index in [-0.39, 0.29) is 6.10 Å². The van der Waals surface area contributed by atoms with Gasteiger partial charge in [0.05, 0.1) is 24.9 Å². The molecule has 198 valence electrons. The molecule has 1 atom stereocenters. The molecule has 3 aromatic rings. The molecule has 37 heavy (non-hydrogen) atoms. The third-order valence-electron chi connectivity index (χ3n) is 7.45. The van der Waals surface area contributed by atoms with Crippen molar-refractivity contribution in [3.8, 4) is 5.75 Å². The topological polar surface area (TPSA) is 102 Å². The monoisotopic (exact) mass is 507 g/mol. The average Bonchev–Trinajstić information content (AvgIpc) is 3.32. The van der Waals surface area contributed by atoms with Crippen molar-refractivity contribution in [2.45, 2.75) is 64.1 Å². The zero-order valence-electron chi connectivity index (χ0n) is 21.8. The van der Waals surface area contributed by atoms with Crippen LogP contribution in [0.3, 0.4) is 0 Å². The Bertz CT molecular complexity index is 1220. The number of hydrogen-bond acceptors (Lipinski definition) is 7. The number of fused-ring (bicyclic) bond motifs is 2. The molecule has 0 bridgehead atoms. The molecule has 2 N–H and O–H groups in total. The maximum atomic E-state index is 12.2. The quantitative estimate of drug-likeness (QED) is 0.354. The fraction of sp³-hybridized carbons (Fsp3) is 0.536. The molecule has 0 radical (unpaired) electrons. The van der Waals surface area contributed by atoms with E-state index in [1.165, 1.54) is 5.56 Å². The SMILES string of the molecule is CCn1ncc2cccc(C(C(=O)O)N3CC(OCCCCCc4cc(OC)c5c(n4)NCCC5)C3)c21. The molecule has 5 rings (SSSR count). The smallest absolute Gasteiger partial charge is 0.325 e. The van der Waals surface area contributed by atoms with Gasteiger partial charge in [-0.2, -0.15) is 5.10 Å². The fourth-order valence-corrected chi connectivity index (χ4v) is 5.51. The summed E-state index contributed by atoms with van der Waals surface area (Å²) in [6, 6.07) is 7.19. The second kappa shape index (κ2) is 11.5. The van der Waals surface area contributed by atoms with Crippen LogP contribution in [-0.2, 0) is 28.9 Å². The van der Waals surface area contributed by atoms with E-state index in [1.54, 1.807) is 13.3 Å². The van der Waals surface area contributed by atoms with E-state index in [2.05, 4.69) is 16.5 Å². The summed E-state index contributed by atoms with van der Waals surface area (Å²) in [6.07, 6.45) is 8.02. The zero-order chi connectivity index (χ0) is 25.8. The number of methoxy groups -OCH3 is 1. The van der Waals surface area contributed by atoms with Crippen molar-refractivity contribution >= 4 is 22.7 Å². The van der Waals surface area contributed by atoms with E-state index < -0.39 is 12.0 Å². The minimum atomic E-state index is -0.836. The Morgan fingerprint density at radius 2 is 2.14 bits per heavy atom. The van der Waals surface area contributed by atoms with Crippen LogP contribution >= 0.6 is 0 Å². The lowest BCUT2D eigenvalue weighted by Crippen LogP contribution is -2.55. The number of likely N-dealkylation sites (tertiary alicyclic amines) is 1. The zero-order valence-corrected chi connectivity index (χ0v) is 21.8. The maximum Gasteiger partial charge on any atom is 0.325 e. The summed E-state index contributed by atoms with van der Waals surface area (Å²) in [7, 11) is 1.73. The summed E-state index contributed by atoms with van der Waals surface area (Å²) >= 11 is 0. The van der Waals surface area contributed by atoms with E-state index in [0.717, 1.165) is 78.8 Å². The van der Waals surface area contributed by atoms with Gasteiger partial charge < -0.3 is 19.9 Å². The van der Waals surface area contributed by atoms with Crippen LogP contribution < -0.4 is 10.1 Å². The summed E-state index contributed by atoms with van der Waals surface area (Å²) in [4.78, 5) is 19.0. The van der Waals surface area contributed by atoms with Crippen LogP contribution in [0.2, 0.25) is 0 Å². The van der Waals surface area contributed by atoms with E-state index in [4.69, 9.17) is 14.5 Å². The lowest BCUT2D eigenvalue weighted by molar-refractivity contribution is -0.150. The maximum absolute atomic E-state index is 12.2. The molecule has 9 nitrogen and oxygen atoms in total. The van der Waals surface area contributed by atoms with Gasteiger partial charge in [-0.1, -0.05) is 24.6 Å². The Balaban J connectivity index is 1.07. The van der Waals surface area contributed by atoms with E-state index >= 15 is 0 Å². The fourth-order valence-electron chi connectivity index (χ4n) is 5.51. The summed E-state index contributed by atoms with van der Waals surface area (Å²) in [5.74, 6) is 1.09. The van der Waals surface area contributed by atoms with Crippen LogP contribution in [0.5, 0.6) is 5.75 Å². The van der Waals surface area contributed by atoms with Crippen molar-refractivity contribution in [1.29, 1.82) is 0 Å². The number of hydrogen-bond donors (Lipinski definition) is 2. The molecule has 2 aliphatic heterocycles. The molecule has 4 heterocycles. The minimum Gasteiger partial charge on any atom is -0.496 e. The Labute approximate surface area is 217 Å². The normalized spacial score (nSPS) is 16.7. The third kappa shape index (κ3) is 5.43. The number of aryl methyl sites for hydroxylation is 2. The number of nitrogens with zero attached hydrogens (tertiary/aromatic N) is 4. The average molecular weight is 508 g/mol. The van der Waals surface area contributed by atoms with Crippen molar-refractivity contribution in [3.05, 3.63) is 47.3 Å². The highest BCUT2D eigenvalue weighted by Gasteiger charge is 2.38. The van der Waals surface area contributed by atoms with Crippen molar-refractivity contribution in [1.82, 2.24) is 19.7 Å². The first-order chi connectivity index (χ1) is 18.1. The molecule has 0 saturated carbocycles. The number of ether oxygens (including phenoxy) is 2. The number of para-hydroxylation sites is 1. The Kier molecular flexibility index (Phi) is 7.90. The number of pyridine rings is 1. The Morgan fingerprint density at radius 3 is 2.92 bits per heavy atom. The van der Waals surface area contributed by atoms with Crippen LogP contribution in [0.1, 0.15) is 55.5 Å². The standard InChI is InChI=1S/C28H37N5O4/c1-3-33-25-19(16-30-33)9-7-11-23(25)26(28(34)35)32-17-21(18-32)37-14-6-4-5-10-20-15-24(36-2)22-12-8-13-29-27(22)31-20/h7,9,11,15-16,21,26H,3-6,8,10,12-14,17-18H2,1-2H3,(H,29,31)(H,34,35). The predicted octanol–water partition coefficient (Wildman–Crippen LogP) is 4.06. The number of rotatable bonds is 12. The van der Waals surface area contributed by atoms with Crippen LogP contribution in [-0.4, -0.2) is 70.2 Å². The summed E-state index contributed by atoms with van der Waals surface area (Å²) in [5, 5.41) is 18.8. The molecule has 0 spiro atoms. The number of unbranched alkanes of at least 4 members (excludes halogenated alkanes) is 2. The Hall–Kier alpha value is -3.17. The van der Waals surface area contributed by atoms with Crippen molar-refractivity contribution in [3.63, 3.8) is 0 Å². The second-order valence-corrected chi connectivity index (χ2v) is 9.92. The number of nitrogens with one attached hydrogen (secondary N) is 1. The number of benzene rings is 1. The highest BCUT2D eigenvalue weighted by molar-refractivity contribution is 5.88. The minimum absolute atomic E-state index is 0.0785. The largest absolute Gasteiger partial charge is 0.496 e. The molecule has 9 heteroatoms. The lowest BCUT2D eigenvalue weighted by atomic mass is 9.98. The molecular weight excluding hydrogens is 470 g/mol. The van der Waals surface area contributed by atoms with Gasteiger partial charge in [0.15, 0.2) is 0 Å². The van der Waals surface area contributed by atoms with Crippen LogP contribution in [0.25, 0.3) is 10.9 Å². The van der Waals surface area contributed by atoms with Gasteiger partial charge in [0, 0.05) is 61.1 Å². The number of carboxylic acids is 1. The highest BCUT2D eigenvalue weighted by atomic mass is 16.5. The van der Waals surface area contributed by atoms with Gasteiger partial charge in [-0.3, -0.25) is 14.4 Å². The summed E-state index contributed by atoms with van der Waals surface area (Å²) in [6.45, 7) is 5.63.